The van der Waals surface area contributed by atoms with E-state index in [1.165, 1.54) is 0 Å². The summed E-state index contributed by atoms with van der Waals surface area (Å²) < 4.78 is 31.7. The van der Waals surface area contributed by atoms with Crippen LogP contribution in [0.1, 0.15) is 25.7 Å². The molecule has 0 amide bonds. The first-order chi connectivity index (χ1) is 7.27. The Bertz CT molecular complexity index is 213. The molecule has 0 unspecified atom stereocenters. The summed E-state index contributed by atoms with van der Waals surface area (Å²) in [5, 5.41) is 16.2. The number of rotatable bonds is 1. The molecule has 0 spiro atoms. The summed E-state index contributed by atoms with van der Waals surface area (Å²) in [5.41, 5.74) is 5.47. The van der Waals surface area contributed by atoms with E-state index in [0.29, 0.717) is 5.92 Å². The lowest BCUT2D eigenvalue weighted by atomic mass is 9.88. The van der Waals surface area contributed by atoms with Crippen LogP contribution >= 0.6 is 0 Å². The molecule has 0 heterocycles. The molecule has 1 aliphatic rings. The van der Waals surface area contributed by atoms with E-state index in [-0.39, 0.29) is 6.10 Å². The van der Waals surface area contributed by atoms with Crippen LogP contribution in [0.3, 0.4) is 0 Å². The number of alkyl halides is 3. The molecule has 0 aromatic rings. The van der Waals surface area contributed by atoms with Gasteiger partial charge in [0.2, 0.25) is 0 Å². The number of aliphatic hydroxyl groups is 1. The number of nitrogens with two attached hydrogens (primary N) is 1. The summed E-state index contributed by atoms with van der Waals surface area (Å²) in [4.78, 5) is 8.90. The van der Waals surface area contributed by atoms with Crippen molar-refractivity contribution in [1.82, 2.24) is 0 Å². The quantitative estimate of drug-likeness (QED) is 0.644. The molecule has 0 aromatic carbocycles. The first kappa shape index (κ1) is 15.2. The minimum absolute atomic E-state index is 0.0344. The third-order valence-corrected chi connectivity index (χ3v) is 2.39. The predicted molar refractivity (Wildman–Crippen MR) is 50.7 cm³/mol. The van der Waals surface area contributed by atoms with Gasteiger partial charge < -0.3 is 15.9 Å². The van der Waals surface area contributed by atoms with E-state index in [1.807, 2.05) is 0 Å². The van der Waals surface area contributed by atoms with Crippen molar-refractivity contribution < 1.29 is 28.2 Å². The van der Waals surface area contributed by atoms with Gasteiger partial charge in [0.1, 0.15) is 0 Å². The van der Waals surface area contributed by atoms with Crippen LogP contribution in [0, 0.1) is 5.92 Å². The van der Waals surface area contributed by atoms with Gasteiger partial charge in [0.15, 0.2) is 0 Å². The van der Waals surface area contributed by atoms with Gasteiger partial charge in [0, 0.05) is 0 Å². The monoisotopic (exact) mass is 243 g/mol. The zero-order valence-electron chi connectivity index (χ0n) is 8.70. The van der Waals surface area contributed by atoms with Crippen molar-refractivity contribution in [3.63, 3.8) is 0 Å². The summed E-state index contributed by atoms with van der Waals surface area (Å²) in [7, 11) is 0. The fourth-order valence-corrected chi connectivity index (χ4v) is 1.38. The third kappa shape index (κ3) is 6.62. The molecule has 0 aliphatic heterocycles. The number of hydrogen-bond donors (Lipinski definition) is 3. The molecule has 0 aromatic heterocycles. The van der Waals surface area contributed by atoms with Gasteiger partial charge in [-0.15, -0.1) is 0 Å². The normalized spacial score (nSPS) is 25.6. The molecule has 0 radical (unpaired) electrons. The number of carboxylic acid groups (broad SMARTS) is 1. The second-order valence-electron chi connectivity index (χ2n) is 3.71. The van der Waals surface area contributed by atoms with Crippen molar-refractivity contribution in [1.29, 1.82) is 0 Å². The molecule has 0 saturated heterocycles. The summed E-state index contributed by atoms with van der Waals surface area (Å²) in [5.74, 6) is -2.07. The van der Waals surface area contributed by atoms with Crippen LogP contribution < -0.4 is 5.73 Å². The Labute approximate surface area is 91.2 Å². The lowest BCUT2D eigenvalue weighted by molar-refractivity contribution is -0.192. The van der Waals surface area contributed by atoms with Crippen molar-refractivity contribution in [2.24, 2.45) is 11.7 Å². The van der Waals surface area contributed by atoms with Crippen LogP contribution in [0.2, 0.25) is 0 Å². The average molecular weight is 243 g/mol. The standard InChI is InChI=1S/C7H15NO.C2HF3O2/c8-5-6-1-3-7(9)4-2-6;3-2(4,5)1(6)7/h6-7,9H,1-5,8H2;(H,6,7). The van der Waals surface area contributed by atoms with Gasteiger partial charge in [-0.1, -0.05) is 0 Å². The largest absolute Gasteiger partial charge is 0.490 e. The molecule has 1 aliphatic carbocycles. The van der Waals surface area contributed by atoms with Crippen LogP contribution in [0.25, 0.3) is 0 Å². The molecular formula is C9H16F3NO3. The number of halogens is 3. The van der Waals surface area contributed by atoms with Crippen LogP contribution in [-0.4, -0.2) is 35.0 Å². The van der Waals surface area contributed by atoms with E-state index in [1.54, 1.807) is 0 Å². The number of aliphatic hydroxyl groups excluding tert-OH is 1. The van der Waals surface area contributed by atoms with Crippen molar-refractivity contribution >= 4 is 5.97 Å². The summed E-state index contributed by atoms with van der Waals surface area (Å²) >= 11 is 0. The van der Waals surface area contributed by atoms with Crippen LogP contribution in [0.15, 0.2) is 0 Å². The molecular weight excluding hydrogens is 227 g/mol. The van der Waals surface area contributed by atoms with E-state index in [0.717, 1.165) is 32.2 Å². The van der Waals surface area contributed by atoms with E-state index in [4.69, 9.17) is 20.7 Å². The summed E-state index contributed by atoms with van der Waals surface area (Å²) in [6.45, 7) is 0.798. The van der Waals surface area contributed by atoms with Crippen LogP contribution in [-0.2, 0) is 4.79 Å². The Kier molecular flexibility index (Phi) is 6.35. The number of hydrogen-bond acceptors (Lipinski definition) is 3. The minimum Gasteiger partial charge on any atom is -0.475 e. The van der Waals surface area contributed by atoms with Crippen molar-refractivity contribution in [3.8, 4) is 0 Å². The van der Waals surface area contributed by atoms with Gasteiger partial charge in [0.25, 0.3) is 0 Å². The molecule has 16 heavy (non-hydrogen) atoms. The first-order valence-corrected chi connectivity index (χ1v) is 4.95. The van der Waals surface area contributed by atoms with Gasteiger partial charge in [-0.05, 0) is 38.1 Å². The smallest absolute Gasteiger partial charge is 0.475 e. The Hall–Kier alpha value is -0.820. The molecule has 4 N–H and O–H groups in total. The second-order valence-corrected chi connectivity index (χ2v) is 3.71. The molecule has 4 nitrogen and oxygen atoms in total. The average Bonchev–Trinajstić information content (AvgIpc) is 2.18. The maximum absolute atomic E-state index is 10.6. The lowest BCUT2D eigenvalue weighted by Gasteiger charge is -2.23. The van der Waals surface area contributed by atoms with Crippen molar-refractivity contribution in [3.05, 3.63) is 0 Å². The molecule has 1 fully saturated rings. The fraction of sp³-hybridized carbons (Fsp3) is 0.889. The lowest BCUT2D eigenvalue weighted by Crippen LogP contribution is -2.23. The highest BCUT2D eigenvalue weighted by Gasteiger charge is 2.38. The highest BCUT2D eigenvalue weighted by molar-refractivity contribution is 5.73. The summed E-state index contributed by atoms with van der Waals surface area (Å²) in [6, 6.07) is 0. The van der Waals surface area contributed by atoms with Crippen LogP contribution in [0.5, 0.6) is 0 Å². The number of carbonyl (C=O) groups is 1. The number of aliphatic carboxylic acids is 1. The van der Waals surface area contributed by atoms with Gasteiger partial charge in [-0.3, -0.25) is 0 Å². The van der Waals surface area contributed by atoms with Crippen LogP contribution in [0.4, 0.5) is 13.2 Å². The van der Waals surface area contributed by atoms with E-state index in [2.05, 4.69) is 0 Å². The maximum atomic E-state index is 10.6. The molecule has 1 rings (SSSR count). The first-order valence-electron chi connectivity index (χ1n) is 4.95. The molecule has 1 saturated carbocycles. The minimum atomic E-state index is -5.08. The van der Waals surface area contributed by atoms with Gasteiger partial charge >= 0.3 is 12.1 Å². The van der Waals surface area contributed by atoms with Gasteiger partial charge in [-0.25, -0.2) is 4.79 Å². The maximum Gasteiger partial charge on any atom is 0.490 e. The van der Waals surface area contributed by atoms with E-state index in [9.17, 15) is 13.2 Å². The fourth-order valence-electron chi connectivity index (χ4n) is 1.38. The highest BCUT2D eigenvalue weighted by atomic mass is 19.4. The van der Waals surface area contributed by atoms with Crippen molar-refractivity contribution in [2.45, 2.75) is 38.0 Å². The summed E-state index contributed by atoms with van der Waals surface area (Å²) in [6.07, 6.45) is -0.952. The van der Waals surface area contributed by atoms with E-state index < -0.39 is 12.1 Å². The molecule has 0 bridgehead atoms. The predicted octanol–water partition coefficient (Wildman–Crippen LogP) is 1.13. The van der Waals surface area contributed by atoms with Gasteiger partial charge in [-0.2, -0.15) is 13.2 Å². The Morgan fingerprint density at radius 1 is 1.25 bits per heavy atom. The topological polar surface area (TPSA) is 83.5 Å². The number of carboxylic acids is 1. The second kappa shape index (κ2) is 6.70. The van der Waals surface area contributed by atoms with Gasteiger partial charge in [0.05, 0.1) is 6.10 Å². The molecule has 0 atom stereocenters. The molecule has 96 valence electrons. The zero-order chi connectivity index (χ0) is 12.8. The van der Waals surface area contributed by atoms with E-state index >= 15 is 0 Å². The van der Waals surface area contributed by atoms with Crippen molar-refractivity contribution in [2.75, 3.05) is 6.54 Å². The Morgan fingerprint density at radius 3 is 1.88 bits per heavy atom. The molecule has 7 heteroatoms. The third-order valence-electron chi connectivity index (χ3n) is 2.39. The Balaban J connectivity index is 0.000000293. The highest BCUT2D eigenvalue weighted by Crippen LogP contribution is 2.22. The SMILES string of the molecule is NCC1CCC(O)CC1.O=C(O)C(F)(F)F. The Morgan fingerprint density at radius 2 is 1.62 bits per heavy atom. The zero-order valence-corrected chi connectivity index (χ0v) is 8.70.